The van der Waals surface area contributed by atoms with Crippen LogP contribution in [0.4, 0.5) is 21.9 Å². The first kappa shape index (κ1) is 22.1. The summed E-state index contributed by atoms with van der Waals surface area (Å²) in [6.07, 6.45) is 0. The van der Waals surface area contributed by atoms with Gasteiger partial charge in [0.05, 0.1) is 12.2 Å². The Kier molecular flexibility index (Phi) is 7.88. The zero-order valence-electron chi connectivity index (χ0n) is 17.8. The first-order valence-electron chi connectivity index (χ1n) is 9.81. The van der Waals surface area contributed by atoms with Crippen LogP contribution in [-0.4, -0.2) is 50.6 Å². The van der Waals surface area contributed by atoms with E-state index in [2.05, 4.69) is 10.6 Å². The van der Waals surface area contributed by atoms with Crippen LogP contribution in [0.3, 0.4) is 0 Å². The van der Waals surface area contributed by atoms with Crippen LogP contribution in [-0.2, 0) is 0 Å². The van der Waals surface area contributed by atoms with Crippen molar-refractivity contribution in [3.05, 3.63) is 48.0 Å². The highest BCUT2D eigenvalue weighted by molar-refractivity contribution is 6.04. The molecule has 7 heteroatoms. The van der Waals surface area contributed by atoms with Crippen molar-refractivity contribution in [3.8, 4) is 5.75 Å². The summed E-state index contributed by atoms with van der Waals surface area (Å²) in [5.41, 5.74) is 2.56. The average molecular weight is 399 g/mol. The summed E-state index contributed by atoms with van der Waals surface area (Å²) in [5, 5.41) is 5.58. The van der Waals surface area contributed by atoms with E-state index < -0.39 is 0 Å². The monoisotopic (exact) mass is 398 g/mol. The molecular formula is C22H30N4O3. The molecular weight excluding hydrogens is 368 g/mol. The Balaban J connectivity index is 2.16. The van der Waals surface area contributed by atoms with E-state index in [4.69, 9.17) is 4.74 Å². The molecule has 0 radical (unpaired) electrons. The van der Waals surface area contributed by atoms with Crippen LogP contribution in [0.15, 0.2) is 42.5 Å². The van der Waals surface area contributed by atoms with E-state index in [1.807, 2.05) is 45.8 Å². The average Bonchev–Trinajstić information content (AvgIpc) is 2.70. The van der Waals surface area contributed by atoms with Crippen LogP contribution < -0.4 is 20.3 Å². The zero-order chi connectivity index (χ0) is 21.4. The number of ether oxygens (including phenoxy) is 1. The van der Waals surface area contributed by atoms with Gasteiger partial charge in [0.25, 0.3) is 5.91 Å². The van der Waals surface area contributed by atoms with Gasteiger partial charge in [-0.05, 0) is 63.2 Å². The lowest BCUT2D eigenvalue weighted by Crippen LogP contribution is -2.32. The maximum absolute atomic E-state index is 12.9. The Hall–Kier alpha value is -3.22. The predicted octanol–water partition coefficient (Wildman–Crippen LogP) is 4.28. The van der Waals surface area contributed by atoms with Gasteiger partial charge in [-0.25, -0.2) is 4.79 Å². The second-order valence-corrected chi connectivity index (χ2v) is 6.64. The molecule has 2 aromatic rings. The van der Waals surface area contributed by atoms with Crippen molar-refractivity contribution in [1.29, 1.82) is 0 Å². The van der Waals surface area contributed by atoms with Crippen molar-refractivity contribution in [2.45, 2.75) is 20.8 Å². The fraction of sp³-hybridized carbons (Fsp3) is 0.364. The van der Waals surface area contributed by atoms with Crippen molar-refractivity contribution >= 4 is 29.0 Å². The van der Waals surface area contributed by atoms with Crippen molar-refractivity contribution in [2.75, 3.05) is 49.3 Å². The van der Waals surface area contributed by atoms with Crippen molar-refractivity contribution in [2.24, 2.45) is 0 Å². The number of carbonyl (C=O) groups excluding carboxylic acids is 2. The van der Waals surface area contributed by atoms with Crippen LogP contribution >= 0.6 is 0 Å². The van der Waals surface area contributed by atoms with Crippen molar-refractivity contribution in [3.63, 3.8) is 0 Å². The summed E-state index contributed by atoms with van der Waals surface area (Å²) >= 11 is 0. The lowest BCUT2D eigenvalue weighted by Gasteiger charge is -2.23. The fourth-order valence-corrected chi connectivity index (χ4v) is 2.95. The third kappa shape index (κ3) is 5.88. The van der Waals surface area contributed by atoms with E-state index in [0.29, 0.717) is 36.6 Å². The molecule has 0 saturated carbocycles. The summed E-state index contributed by atoms with van der Waals surface area (Å²) in [5.74, 6) is 0.687. The van der Waals surface area contributed by atoms with Gasteiger partial charge < -0.3 is 25.2 Å². The summed E-state index contributed by atoms with van der Waals surface area (Å²) < 4.78 is 5.40. The number of carbonyl (C=O) groups is 2. The Morgan fingerprint density at radius 1 is 0.897 bits per heavy atom. The molecule has 0 aromatic heterocycles. The summed E-state index contributed by atoms with van der Waals surface area (Å²) in [6.45, 7) is 7.65. The lowest BCUT2D eigenvalue weighted by atomic mass is 10.1. The van der Waals surface area contributed by atoms with Gasteiger partial charge in [0.15, 0.2) is 0 Å². The molecule has 156 valence electrons. The Labute approximate surface area is 172 Å². The van der Waals surface area contributed by atoms with Gasteiger partial charge in [-0.1, -0.05) is 0 Å². The lowest BCUT2D eigenvalue weighted by molar-refractivity contribution is 0.0773. The first-order chi connectivity index (χ1) is 13.9. The Morgan fingerprint density at radius 2 is 1.48 bits per heavy atom. The van der Waals surface area contributed by atoms with Crippen LogP contribution in [0.25, 0.3) is 0 Å². The molecule has 3 amide bonds. The third-order valence-electron chi connectivity index (χ3n) is 4.44. The maximum Gasteiger partial charge on any atom is 0.323 e. The number of anilines is 3. The van der Waals surface area contributed by atoms with Crippen LogP contribution in [0.5, 0.6) is 5.75 Å². The predicted molar refractivity (Wildman–Crippen MR) is 118 cm³/mol. The third-order valence-corrected chi connectivity index (χ3v) is 4.44. The largest absolute Gasteiger partial charge is 0.494 e. The van der Waals surface area contributed by atoms with Crippen LogP contribution in [0.1, 0.15) is 31.1 Å². The second-order valence-electron chi connectivity index (χ2n) is 6.64. The molecule has 0 aliphatic rings. The zero-order valence-corrected chi connectivity index (χ0v) is 17.8. The smallest absolute Gasteiger partial charge is 0.323 e. The van der Waals surface area contributed by atoms with E-state index >= 15 is 0 Å². The quantitative estimate of drug-likeness (QED) is 0.696. The van der Waals surface area contributed by atoms with E-state index in [0.717, 1.165) is 11.4 Å². The number of nitrogens with one attached hydrogen (secondary N) is 2. The van der Waals surface area contributed by atoms with Gasteiger partial charge >= 0.3 is 6.03 Å². The van der Waals surface area contributed by atoms with Crippen LogP contribution in [0.2, 0.25) is 0 Å². The number of nitrogens with zero attached hydrogens (tertiary/aromatic N) is 2. The molecule has 29 heavy (non-hydrogen) atoms. The minimum atomic E-state index is -0.381. The topological polar surface area (TPSA) is 73.9 Å². The summed E-state index contributed by atoms with van der Waals surface area (Å²) in [4.78, 5) is 28.9. The highest BCUT2D eigenvalue weighted by Gasteiger charge is 2.19. The summed E-state index contributed by atoms with van der Waals surface area (Å²) in [7, 11) is 3.78. The van der Waals surface area contributed by atoms with Crippen molar-refractivity contribution in [1.82, 2.24) is 4.90 Å². The van der Waals surface area contributed by atoms with E-state index in [-0.39, 0.29) is 11.9 Å². The number of hydrogen-bond acceptors (Lipinski definition) is 4. The molecule has 2 N–H and O–H groups in total. The Morgan fingerprint density at radius 3 is 2.03 bits per heavy atom. The minimum Gasteiger partial charge on any atom is -0.494 e. The van der Waals surface area contributed by atoms with Gasteiger partial charge in [0.2, 0.25) is 0 Å². The number of urea groups is 1. The fourth-order valence-electron chi connectivity index (χ4n) is 2.95. The molecule has 0 fully saturated rings. The minimum absolute atomic E-state index is 0.0609. The number of hydrogen-bond donors (Lipinski definition) is 2. The molecule has 0 heterocycles. The normalized spacial score (nSPS) is 10.2. The van der Waals surface area contributed by atoms with Gasteiger partial charge in [-0.2, -0.15) is 0 Å². The molecule has 0 unspecified atom stereocenters. The molecule has 0 spiro atoms. The first-order valence-corrected chi connectivity index (χ1v) is 9.81. The summed E-state index contributed by atoms with van der Waals surface area (Å²) in [6, 6.07) is 12.1. The second kappa shape index (κ2) is 10.4. The van der Waals surface area contributed by atoms with Crippen molar-refractivity contribution < 1.29 is 14.3 Å². The molecule has 0 bridgehead atoms. The SMILES string of the molecule is CCOc1ccc(NC(=O)Nc2ccc(N(C)C)c(C(=O)N(CC)CC)c2)cc1. The van der Waals surface area contributed by atoms with E-state index in [1.165, 1.54) is 0 Å². The highest BCUT2D eigenvalue weighted by Crippen LogP contribution is 2.25. The Bertz CT molecular complexity index is 830. The number of rotatable bonds is 8. The molecule has 0 saturated heterocycles. The maximum atomic E-state index is 12.9. The molecule has 2 rings (SSSR count). The van der Waals surface area contributed by atoms with Gasteiger partial charge in [-0.3, -0.25) is 4.79 Å². The van der Waals surface area contributed by atoms with E-state index in [1.54, 1.807) is 41.3 Å². The number of amides is 3. The molecule has 7 nitrogen and oxygen atoms in total. The van der Waals surface area contributed by atoms with Gasteiger partial charge in [0.1, 0.15) is 5.75 Å². The number of benzene rings is 2. The van der Waals surface area contributed by atoms with E-state index in [9.17, 15) is 9.59 Å². The van der Waals surface area contributed by atoms with Gasteiger partial charge in [0, 0.05) is 44.2 Å². The molecule has 0 aliphatic carbocycles. The highest BCUT2D eigenvalue weighted by atomic mass is 16.5. The van der Waals surface area contributed by atoms with Gasteiger partial charge in [-0.15, -0.1) is 0 Å². The molecule has 2 aromatic carbocycles. The van der Waals surface area contributed by atoms with Crippen LogP contribution in [0, 0.1) is 0 Å². The molecule has 0 atom stereocenters. The molecule has 0 aliphatic heterocycles. The standard InChI is InChI=1S/C22H30N4O3/c1-6-26(7-2)21(27)19-15-17(11-14-20(19)25(4)5)24-22(28)23-16-9-12-18(13-10-16)29-8-3/h9-15H,6-8H2,1-5H3,(H2,23,24,28).